The molecule has 1 fully saturated rings. The van der Waals surface area contributed by atoms with Crippen LogP contribution in [-0.4, -0.2) is 86.4 Å². The summed E-state index contributed by atoms with van der Waals surface area (Å²) in [5.74, 6) is 0.224. The summed E-state index contributed by atoms with van der Waals surface area (Å²) in [5.41, 5.74) is 0. The topological polar surface area (TPSA) is 55.9 Å². The minimum atomic E-state index is 0.0916. The molecule has 2 amide bonds. The zero-order chi connectivity index (χ0) is 14.3. The maximum Gasteiger partial charge on any atom is 0.236 e. The number of hydrogen-bond acceptors (Lipinski definition) is 4. The van der Waals surface area contributed by atoms with Crippen LogP contribution < -0.4 is 5.32 Å². The molecule has 1 aliphatic rings. The number of nitrogens with zero attached hydrogens (tertiary/aromatic N) is 3. The fraction of sp³-hybridized carbons (Fsp3) is 0.846. The van der Waals surface area contributed by atoms with Crippen LogP contribution in [0.2, 0.25) is 0 Å². The molecule has 1 saturated heterocycles. The van der Waals surface area contributed by atoms with E-state index in [1.165, 1.54) is 0 Å². The second kappa shape index (κ2) is 8.12. The van der Waals surface area contributed by atoms with Gasteiger partial charge in [-0.05, 0) is 33.6 Å². The average molecular weight is 270 g/mol. The molecule has 1 N–H and O–H groups in total. The van der Waals surface area contributed by atoms with E-state index < -0.39 is 0 Å². The highest BCUT2D eigenvalue weighted by Gasteiger charge is 2.21. The first-order valence-corrected chi connectivity index (χ1v) is 6.89. The summed E-state index contributed by atoms with van der Waals surface area (Å²) < 4.78 is 0. The summed E-state index contributed by atoms with van der Waals surface area (Å²) >= 11 is 0. The second-order valence-corrected chi connectivity index (χ2v) is 5.22. The smallest absolute Gasteiger partial charge is 0.236 e. The van der Waals surface area contributed by atoms with Gasteiger partial charge in [-0.2, -0.15) is 0 Å². The number of rotatable bonds is 6. The van der Waals surface area contributed by atoms with Crippen molar-refractivity contribution in [2.75, 3.05) is 59.9 Å². The third-order valence-electron chi connectivity index (χ3n) is 3.31. The van der Waals surface area contributed by atoms with Crippen LogP contribution in [0, 0.1) is 0 Å². The van der Waals surface area contributed by atoms with E-state index in [2.05, 4.69) is 10.2 Å². The van der Waals surface area contributed by atoms with Gasteiger partial charge in [0.25, 0.3) is 0 Å². The van der Waals surface area contributed by atoms with E-state index in [-0.39, 0.29) is 11.8 Å². The average Bonchev–Trinajstić information content (AvgIpc) is 2.37. The maximum atomic E-state index is 11.9. The van der Waals surface area contributed by atoms with Gasteiger partial charge >= 0.3 is 0 Å². The molecule has 0 spiro atoms. The number of carbonyl (C=O) groups is 2. The van der Waals surface area contributed by atoms with E-state index in [0.717, 1.165) is 19.5 Å². The Morgan fingerprint density at radius 2 is 1.68 bits per heavy atom. The van der Waals surface area contributed by atoms with E-state index in [0.29, 0.717) is 32.7 Å². The standard InChI is InChI=1S/C13H26N4O2/c1-12(18)16-7-9-17(10-8-16)13(19)11-14-5-4-6-15(2)3/h14H,4-11H2,1-3H3. The van der Waals surface area contributed by atoms with Gasteiger partial charge in [0.05, 0.1) is 6.54 Å². The Labute approximate surface area is 115 Å². The molecule has 19 heavy (non-hydrogen) atoms. The van der Waals surface area contributed by atoms with Crippen molar-refractivity contribution in [1.82, 2.24) is 20.0 Å². The van der Waals surface area contributed by atoms with Crippen LogP contribution in [-0.2, 0) is 9.59 Å². The van der Waals surface area contributed by atoms with Crippen molar-refractivity contribution in [2.24, 2.45) is 0 Å². The fourth-order valence-corrected chi connectivity index (χ4v) is 2.10. The van der Waals surface area contributed by atoms with Crippen molar-refractivity contribution in [3.63, 3.8) is 0 Å². The Balaban J connectivity index is 2.12. The predicted molar refractivity (Wildman–Crippen MR) is 74.9 cm³/mol. The van der Waals surface area contributed by atoms with Gasteiger partial charge in [-0.1, -0.05) is 0 Å². The summed E-state index contributed by atoms with van der Waals surface area (Å²) in [7, 11) is 4.08. The largest absolute Gasteiger partial charge is 0.339 e. The van der Waals surface area contributed by atoms with E-state index >= 15 is 0 Å². The number of carbonyl (C=O) groups excluding carboxylic acids is 2. The second-order valence-electron chi connectivity index (χ2n) is 5.22. The van der Waals surface area contributed by atoms with Gasteiger partial charge in [0.2, 0.25) is 11.8 Å². The number of piperazine rings is 1. The number of hydrogen-bond donors (Lipinski definition) is 1. The summed E-state index contributed by atoms with van der Waals surface area (Å²) in [4.78, 5) is 28.8. The van der Waals surface area contributed by atoms with E-state index in [1.54, 1.807) is 11.8 Å². The van der Waals surface area contributed by atoms with Crippen molar-refractivity contribution in [1.29, 1.82) is 0 Å². The van der Waals surface area contributed by atoms with Crippen molar-refractivity contribution >= 4 is 11.8 Å². The zero-order valence-electron chi connectivity index (χ0n) is 12.3. The van der Waals surface area contributed by atoms with Crippen LogP contribution >= 0.6 is 0 Å². The summed E-state index contributed by atoms with van der Waals surface area (Å²) in [5, 5.41) is 3.17. The minimum Gasteiger partial charge on any atom is -0.339 e. The van der Waals surface area contributed by atoms with Crippen LogP contribution in [0.1, 0.15) is 13.3 Å². The first-order chi connectivity index (χ1) is 9.00. The molecular formula is C13H26N4O2. The molecule has 1 aliphatic heterocycles. The van der Waals surface area contributed by atoms with Crippen molar-refractivity contribution in [3.8, 4) is 0 Å². The lowest BCUT2D eigenvalue weighted by Gasteiger charge is -2.34. The molecule has 6 nitrogen and oxygen atoms in total. The Kier molecular flexibility index (Phi) is 6.80. The van der Waals surface area contributed by atoms with Crippen LogP contribution in [0.15, 0.2) is 0 Å². The predicted octanol–water partition coefficient (Wildman–Crippen LogP) is -0.782. The zero-order valence-corrected chi connectivity index (χ0v) is 12.3. The van der Waals surface area contributed by atoms with Crippen molar-refractivity contribution in [2.45, 2.75) is 13.3 Å². The minimum absolute atomic E-state index is 0.0916. The van der Waals surface area contributed by atoms with E-state index in [9.17, 15) is 9.59 Å². The lowest BCUT2D eigenvalue weighted by Crippen LogP contribution is -2.51. The van der Waals surface area contributed by atoms with Crippen LogP contribution in [0.25, 0.3) is 0 Å². The van der Waals surface area contributed by atoms with Gasteiger partial charge in [0.1, 0.15) is 0 Å². The van der Waals surface area contributed by atoms with Crippen LogP contribution in [0.4, 0.5) is 0 Å². The van der Waals surface area contributed by atoms with Gasteiger partial charge in [-0.15, -0.1) is 0 Å². The normalized spacial score (nSPS) is 16.0. The number of nitrogens with one attached hydrogen (secondary N) is 1. The summed E-state index contributed by atoms with van der Waals surface area (Å²) in [6, 6.07) is 0. The Hall–Kier alpha value is -1.14. The van der Waals surface area contributed by atoms with Crippen LogP contribution in [0.3, 0.4) is 0 Å². The van der Waals surface area contributed by atoms with Crippen molar-refractivity contribution in [3.05, 3.63) is 0 Å². The molecule has 0 atom stereocenters. The molecule has 1 rings (SSSR count). The Morgan fingerprint density at radius 3 is 2.21 bits per heavy atom. The molecule has 0 radical (unpaired) electrons. The molecule has 0 bridgehead atoms. The quantitative estimate of drug-likeness (QED) is 0.643. The van der Waals surface area contributed by atoms with Crippen molar-refractivity contribution < 1.29 is 9.59 Å². The van der Waals surface area contributed by atoms with Crippen LogP contribution in [0.5, 0.6) is 0 Å². The highest BCUT2D eigenvalue weighted by atomic mass is 16.2. The van der Waals surface area contributed by atoms with E-state index in [1.807, 2.05) is 19.0 Å². The number of amides is 2. The third-order valence-corrected chi connectivity index (χ3v) is 3.31. The van der Waals surface area contributed by atoms with Gasteiger partial charge in [0.15, 0.2) is 0 Å². The Morgan fingerprint density at radius 1 is 1.11 bits per heavy atom. The molecule has 0 aliphatic carbocycles. The summed E-state index contributed by atoms with van der Waals surface area (Å²) in [6.07, 6.45) is 1.04. The summed E-state index contributed by atoms with van der Waals surface area (Å²) in [6.45, 7) is 6.46. The molecule has 110 valence electrons. The lowest BCUT2D eigenvalue weighted by atomic mass is 10.3. The highest BCUT2D eigenvalue weighted by Crippen LogP contribution is 2.01. The van der Waals surface area contributed by atoms with Gasteiger partial charge in [-0.25, -0.2) is 0 Å². The molecule has 0 saturated carbocycles. The fourth-order valence-electron chi connectivity index (χ4n) is 2.10. The first kappa shape index (κ1) is 15.9. The van der Waals surface area contributed by atoms with Gasteiger partial charge < -0.3 is 20.0 Å². The molecule has 0 aromatic carbocycles. The SMILES string of the molecule is CC(=O)N1CCN(C(=O)CNCCCN(C)C)CC1. The van der Waals surface area contributed by atoms with Gasteiger partial charge in [-0.3, -0.25) is 9.59 Å². The lowest BCUT2D eigenvalue weighted by molar-refractivity contribution is -0.137. The molecule has 0 unspecified atom stereocenters. The molecule has 0 aromatic rings. The first-order valence-electron chi connectivity index (χ1n) is 6.89. The third kappa shape index (κ3) is 6.02. The highest BCUT2D eigenvalue weighted by molar-refractivity contribution is 5.79. The van der Waals surface area contributed by atoms with E-state index in [4.69, 9.17) is 0 Å². The maximum absolute atomic E-state index is 11.9. The molecule has 1 heterocycles. The van der Waals surface area contributed by atoms with Gasteiger partial charge in [0, 0.05) is 33.1 Å². The Bertz CT molecular complexity index is 299. The monoisotopic (exact) mass is 270 g/mol. The molecule has 0 aromatic heterocycles. The molecular weight excluding hydrogens is 244 g/mol. The molecule has 6 heteroatoms.